The zero-order valence-electron chi connectivity index (χ0n) is 8.67. The minimum Gasteiger partial charge on any atom is -0.481 e. The Morgan fingerprint density at radius 3 is 2.62 bits per heavy atom. The van der Waals surface area contributed by atoms with Gasteiger partial charge in [0, 0.05) is 12.6 Å². The van der Waals surface area contributed by atoms with E-state index >= 15 is 0 Å². The van der Waals surface area contributed by atoms with Crippen molar-refractivity contribution >= 4 is 21.8 Å². The molecule has 0 fully saturated rings. The van der Waals surface area contributed by atoms with E-state index < -0.39 is 16.0 Å². The minimum absolute atomic E-state index is 0.0283. The van der Waals surface area contributed by atoms with Crippen molar-refractivity contribution in [2.45, 2.75) is 12.8 Å². The number of sulfonamides is 1. The average molecular weight is 244 g/mol. The molecule has 1 aromatic heterocycles. The van der Waals surface area contributed by atoms with Gasteiger partial charge in [0.25, 0.3) is 0 Å². The summed E-state index contributed by atoms with van der Waals surface area (Å²) in [5.74, 6) is -0.653. The number of pyridine rings is 1. The van der Waals surface area contributed by atoms with Crippen LogP contribution in [0.25, 0.3) is 0 Å². The van der Waals surface area contributed by atoms with Crippen molar-refractivity contribution in [3.8, 4) is 0 Å². The zero-order chi connectivity index (χ0) is 12.2. The summed E-state index contributed by atoms with van der Waals surface area (Å²) in [6.45, 7) is 0. The van der Waals surface area contributed by atoms with Crippen molar-refractivity contribution in [2.24, 2.45) is 0 Å². The monoisotopic (exact) mass is 244 g/mol. The molecule has 0 saturated carbocycles. The smallest absolute Gasteiger partial charge is 0.303 e. The van der Waals surface area contributed by atoms with Gasteiger partial charge in [0.05, 0.1) is 6.26 Å². The highest BCUT2D eigenvalue weighted by Gasteiger charge is 2.03. The van der Waals surface area contributed by atoms with Gasteiger partial charge >= 0.3 is 5.97 Å². The van der Waals surface area contributed by atoms with Crippen LogP contribution in [0.4, 0.5) is 5.82 Å². The molecule has 1 heterocycles. The minimum atomic E-state index is -3.32. The second kappa shape index (κ2) is 4.93. The first-order valence-corrected chi connectivity index (χ1v) is 6.40. The molecule has 0 aliphatic carbocycles. The number of carbonyl (C=O) groups is 1. The highest BCUT2D eigenvalue weighted by Crippen LogP contribution is 2.08. The van der Waals surface area contributed by atoms with Gasteiger partial charge in [-0.15, -0.1) is 0 Å². The molecule has 0 amide bonds. The lowest BCUT2D eigenvalue weighted by Crippen LogP contribution is -2.10. The standard InChI is InChI=1S/C9H12N2O4S/c1-16(14,15)11-8-4-2-7(6-10-8)3-5-9(12)13/h2,4,6H,3,5H2,1H3,(H,10,11)(H,12,13). The third-order valence-corrected chi connectivity index (χ3v) is 2.32. The number of rotatable bonds is 5. The van der Waals surface area contributed by atoms with Crippen LogP contribution in [-0.2, 0) is 21.2 Å². The maximum absolute atomic E-state index is 10.9. The number of aryl methyl sites for hydroxylation is 1. The Labute approximate surface area is 93.4 Å². The lowest BCUT2D eigenvalue weighted by atomic mass is 10.1. The normalized spacial score (nSPS) is 11.1. The van der Waals surface area contributed by atoms with Gasteiger partial charge in [-0.25, -0.2) is 13.4 Å². The highest BCUT2D eigenvalue weighted by molar-refractivity contribution is 7.92. The Morgan fingerprint density at radius 1 is 1.50 bits per heavy atom. The Morgan fingerprint density at radius 2 is 2.19 bits per heavy atom. The van der Waals surface area contributed by atoms with Gasteiger partial charge in [-0.2, -0.15) is 0 Å². The van der Waals surface area contributed by atoms with Crippen LogP contribution in [0.2, 0.25) is 0 Å². The van der Waals surface area contributed by atoms with E-state index in [9.17, 15) is 13.2 Å². The maximum atomic E-state index is 10.9. The summed E-state index contributed by atoms with van der Waals surface area (Å²) in [6, 6.07) is 3.14. The van der Waals surface area contributed by atoms with Gasteiger partial charge in [-0.1, -0.05) is 6.07 Å². The number of aliphatic carboxylic acids is 1. The molecule has 0 aliphatic rings. The molecule has 0 aromatic carbocycles. The van der Waals surface area contributed by atoms with Gasteiger partial charge in [0.2, 0.25) is 10.0 Å². The molecule has 0 aliphatic heterocycles. The van der Waals surface area contributed by atoms with Gasteiger partial charge in [-0.3, -0.25) is 9.52 Å². The first-order valence-electron chi connectivity index (χ1n) is 4.51. The number of hydrogen-bond donors (Lipinski definition) is 2. The molecule has 0 saturated heterocycles. The summed E-state index contributed by atoms with van der Waals surface area (Å²) in [5, 5.41) is 8.47. The second-order valence-electron chi connectivity index (χ2n) is 3.32. The van der Waals surface area contributed by atoms with E-state index in [1.54, 1.807) is 6.07 Å². The summed E-state index contributed by atoms with van der Waals surface area (Å²) < 4.78 is 24.0. The van der Waals surface area contributed by atoms with E-state index in [1.807, 2.05) is 0 Å². The van der Waals surface area contributed by atoms with E-state index in [0.717, 1.165) is 11.8 Å². The molecular weight excluding hydrogens is 232 g/mol. The molecule has 2 N–H and O–H groups in total. The number of aromatic nitrogens is 1. The molecule has 0 spiro atoms. The largest absolute Gasteiger partial charge is 0.481 e. The summed E-state index contributed by atoms with van der Waals surface area (Å²) in [7, 11) is -3.32. The molecule has 6 nitrogen and oxygen atoms in total. The van der Waals surface area contributed by atoms with Gasteiger partial charge in [0.15, 0.2) is 0 Å². The number of carboxylic acids is 1. The molecule has 0 radical (unpaired) electrons. The summed E-state index contributed by atoms with van der Waals surface area (Å²) >= 11 is 0. The Balaban J connectivity index is 2.64. The topological polar surface area (TPSA) is 96.4 Å². The predicted molar refractivity (Wildman–Crippen MR) is 58.7 cm³/mol. The molecule has 7 heteroatoms. The molecule has 0 atom stereocenters. The Hall–Kier alpha value is -1.63. The lowest BCUT2D eigenvalue weighted by molar-refractivity contribution is -0.136. The van der Waals surface area contributed by atoms with E-state index in [-0.39, 0.29) is 12.2 Å². The van der Waals surface area contributed by atoms with Crippen LogP contribution in [-0.4, -0.2) is 30.7 Å². The highest BCUT2D eigenvalue weighted by atomic mass is 32.2. The molecule has 88 valence electrons. The summed E-state index contributed by atoms with van der Waals surface area (Å²) in [5.41, 5.74) is 0.751. The maximum Gasteiger partial charge on any atom is 0.303 e. The lowest BCUT2D eigenvalue weighted by Gasteiger charge is -2.03. The summed E-state index contributed by atoms with van der Waals surface area (Å²) in [4.78, 5) is 14.2. The molecule has 0 unspecified atom stereocenters. The fourth-order valence-electron chi connectivity index (χ4n) is 1.07. The molecule has 16 heavy (non-hydrogen) atoms. The third kappa shape index (κ3) is 4.74. The fourth-order valence-corrected chi connectivity index (χ4v) is 1.57. The van der Waals surface area contributed by atoms with Crippen LogP contribution in [0.1, 0.15) is 12.0 Å². The van der Waals surface area contributed by atoms with Crippen molar-refractivity contribution in [3.05, 3.63) is 23.9 Å². The van der Waals surface area contributed by atoms with Gasteiger partial charge in [0.1, 0.15) is 5.82 Å². The molecule has 0 bridgehead atoms. The van der Waals surface area contributed by atoms with Crippen LogP contribution >= 0.6 is 0 Å². The van der Waals surface area contributed by atoms with Crippen LogP contribution in [0.15, 0.2) is 18.3 Å². The molecular formula is C9H12N2O4S. The van der Waals surface area contributed by atoms with Gasteiger partial charge < -0.3 is 5.11 Å². The summed E-state index contributed by atoms with van der Waals surface area (Å²) in [6.07, 6.45) is 2.89. The van der Waals surface area contributed by atoms with Crippen LogP contribution in [0.5, 0.6) is 0 Å². The molecule has 1 aromatic rings. The molecule has 1 rings (SSSR count). The van der Waals surface area contributed by atoms with Crippen LogP contribution in [0.3, 0.4) is 0 Å². The number of carboxylic acid groups (broad SMARTS) is 1. The van der Waals surface area contributed by atoms with E-state index in [0.29, 0.717) is 6.42 Å². The quantitative estimate of drug-likeness (QED) is 0.784. The van der Waals surface area contributed by atoms with Crippen molar-refractivity contribution in [1.82, 2.24) is 4.98 Å². The number of nitrogens with one attached hydrogen (secondary N) is 1. The van der Waals surface area contributed by atoms with E-state index in [1.165, 1.54) is 12.3 Å². The average Bonchev–Trinajstić information content (AvgIpc) is 2.14. The van der Waals surface area contributed by atoms with E-state index in [4.69, 9.17) is 5.11 Å². The second-order valence-corrected chi connectivity index (χ2v) is 5.07. The number of hydrogen-bond acceptors (Lipinski definition) is 4. The van der Waals surface area contributed by atoms with Crippen molar-refractivity contribution in [2.75, 3.05) is 11.0 Å². The predicted octanol–water partition coefficient (Wildman–Crippen LogP) is 0.470. The van der Waals surface area contributed by atoms with Gasteiger partial charge in [-0.05, 0) is 18.1 Å². The number of nitrogens with zero attached hydrogens (tertiary/aromatic N) is 1. The zero-order valence-corrected chi connectivity index (χ0v) is 9.49. The van der Waals surface area contributed by atoms with Crippen molar-refractivity contribution in [1.29, 1.82) is 0 Å². The third-order valence-electron chi connectivity index (χ3n) is 1.74. The fraction of sp³-hybridized carbons (Fsp3) is 0.333. The van der Waals surface area contributed by atoms with Crippen LogP contribution in [0, 0.1) is 0 Å². The van der Waals surface area contributed by atoms with Crippen molar-refractivity contribution < 1.29 is 18.3 Å². The number of anilines is 1. The Kier molecular flexibility index (Phi) is 3.83. The van der Waals surface area contributed by atoms with Crippen LogP contribution < -0.4 is 4.72 Å². The SMILES string of the molecule is CS(=O)(=O)Nc1ccc(CCC(=O)O)cn1. The first kappa shape index (κ1) is 12.4. The van der Waals surface area contributed by atoms with E-state index in [2.05, 4.69) is 9.71 Å². The first-order chi connectivity index (χ1) is 7.37. The van der Waals surface area contributed by atoms with Crippen molar-refractivity contribution in [3.63, 3.8) is 0 Å². The Bertz CT molecular complexity index is 467.